The Morgan fingerprint density at radius 3 is 2.60 bits per heavy atom. The van der Waals surface area contributed by atoms with E-state index in [-0.39, 0.29) is 35.8 Å². The van der Waals surface area contributed by atoms with Crippen molar-refractivity contribution in [1.82, 2.24) is 14.9 Å². The molecule has 1 heterocycles. The molecule has 7 nitrogen and oxygen atoms in total. The minimum atomic E-state index is -0.259. The van der Waals surface area contributed by atoms with E-state index in [1.807, 2.05) is 6.07 Å². The van der Waals surface area contributed by atoms with Crippen molar-refractivity contribution in [2.45, 2.75) is 62.8 Å². The molecule has 4 rings (SSSR count). The lowest BCUT2D eigenvalue weighted by atomic mass is 9.87. The topological polar surface area (TPSA) is 113 Å². The summed E-state index contributed by atoms with van der Waals surface area (Å²) in [6.07, 6.45) is 4.60. The van der Waals surface area contributed by atoms with Crippen LogP contribution in [-0.2, 0) is 0 Å². The van der Waals surface area contributed by atoms with Crippen LogP contribution in [0, 0.1) is 0 Å². The largest absolute Gasteiger partial charge is 0.393 e. The van der Waals surface area contributed by atoms with E-state index in [0.29, 0.717) is 23.9 Å². The van der Waals surface area contributed by atoms with Crippen molar-refractivity contribution in [3.8, 4) is 0 Å². The SMILES string of the molecule is NC1CCC1NC(=O)c1ccc2c(c1)[nH]c(=O)n2C1CCC(O)CC1. The number of rotatable bonds is 3. The van der Waals surface area contributed by atoms with E-state index in [4.69, 9.17) is 5.73 Å². The number of nitrogens with two attached hydrogens (primary N) is 1. The van der Waals surface area contributed by atoms with Crippen LogP contribution >= 0.6 is 0 Å². The van der Waals surface area contributed by atoms with Gasteiger partial charge in [-0.2, -0.15) is 0 Å². The van der Waals surface area contributed by atoms with Crippen LogP contribution in [0.15, 0.2) is 23.0 Å². The molecule has 134 valence electrons. The molecule has 2 fully saturated rings. The monoisotopic (exact) mass is 344 g/mol. The fourth-order valence-corrected chi connectivity index (χ4v) is 3.91. The number of aliphatic hydroxyl groups is 1. The van der Waals surface area contributed by atoms with Gasteiger partial charge in [0, 0.05) is 23.7 Å². The van der Waals surface area contributed by atoms with E-state index in [2.05, 4.69) is 10.3 Å². The number of nitrogens with one attached hydrogen (secondary N) is 2. The van der Waals surface area contributed by atoms with Gasteiger partial charge in [0.05, 0.1) is 17.1 Å². The summed E-state index contributed by atoms with van der Waals surface area (Å²) in [5.41, 5.74) is 7.72. The summed E-state index contributed by atoms with van der Waals surface area (Å²) < 4.78 is 1.77. The third-order valence-electron chi connectivity index (χ3n) is 5.65. The van der Waals surface area contributed by atoms with Crippen LogP contribution in [0.25, 0.3) is 11.0 Å². The molecule has 2 atom stereocenters. The molecule has 1 amide bonds. The van der Waals surface area contributed by atoms with Gasteiger partial charge in [-0.25, -0.2) is 4.79 Å². The van der Waals surface area contributed by atoms with E-state index in [1.54, 1.807) is 16.7 Å². The third kappa shape index (κ3) is 2.98. The number of amides is 1. The van der Waals surface area contributed by atoms with Gasteiger partial charge in [-0.1, -0.05) is 0 Å². The Morgan fingerprint density at radius 2 is 1.96 bits per heavy atom. The molecule has 5 N–H and O–H groups in total. The summed E-state index contributed by atoms with van der Waals surface area (Å²) in [6.45, 7) is 0. The number of aromatic nitrogens is 2. The van der Waals surface area contributed by atoms with E-state index < -0.39 is 0 Å². The average molecular weight is 344 g/mol. The van der Waals surface area contributed by atoms with E-state index in [9.17, 15) is 14.7 Å². The lowest BCUT2D eigenvalue weighted by molar-refractivity contribution is 0.0906. The fraction of sp³-hybridized carbons (Fsp3) is 0.556. The number of aromatic amines is 1. The molecule has 0 aliphatic heterocycles. The fourth-order valence-electron chi connectivity index (χ4n) is 3.91. The van der Waals surface area contributed by atoms with Crippen LogP contribution in [0.3, 0.4) is 0 Å². The van der Waals surface area contributed by atoms with Crippen LogP contribution in [0.1, 0.15) is 54.9 Å². The molecule has 1 aromatic heterocycles. The summed E-state index contributed by atoms with van der Waals surface area (Å²) in [5, 5.41) is 12.6. The van der Waals surface area contributed by atoms with Crippen molar-refractivity contribution in [3.63, 3.8) is 0 Å². The zero-order valence-electron chi connectivity index (χ0n) is 14.1. The van der Waals surface area contributed by atoms with E-state index >= 15 is 0 Å². The summed E-state index contributed by atoms with van der Waals surface area (Å²) in [7, 11) is 0. The van der Waals surface area contributed by atoms with Gasteiger partial charge in [0.2, 0.25) is 0 Å². The van der Waals surface area contributed by atoms with Gasteiger partial charge in [-0.15, -0.1) is 0 Å². The first kappa shape index (κ1) is 16.4. The second-order valence-corrected chi connectivity index (χ2v) is 7.32. The number of H-pyrrole nitrogens is 1. The molecule has 1 aromatic carbocycles. The molecule has 2 unspecified atom stereocenters. The number of nitrogens with zero attached hydrogens (tertiary/aromatic N) is 1. The maximum absolute atomic E-state index is 12.4. The van der Waals surface area contributed by atoms with Crippen molar-refractivity contribution in [3.05, 3.63) is 34.2 Å². The second-order valence-electron chi connectivity index (χ2n) is 7.32. The molecule has 2 aliphatic carbocycles. The molecule has 0 saturated heterocycles. The summed E-state index contributed by atoms with van der Waals surface area (Å²) >= 11 is 0. The number of fused-ring (bicyclic) bond motifs is 1. The number of aliphatic hydroxyl groups excluding tert-OH is 1. The lowest BCUT2D eigenvalue weighted by Crippen LogP contribution is -2.54. The quantitative estimate of drug-likeness (QED) is 0.666. The van der Waals surface area contributed by atoms with E-state index in [0.717, 1.165) is 31.2 Å². The molecule has 0 bridgehead atoms. The Morgan fingerprint density at radius 1 is 1.20 bits per heavy atom. The molecular weight excluding hydrogens is 320 g/mol. The third-order valence-corrected chi connectivity index (χ3v) is 5.65. The predicted octanol–water partition coefficient (Wildman–Crippen LogP) is 1.03. The van der Waals surface area contributed by atoms with Crippen LogP contribution in [0.5, 0.6) is 0 Å². The van der Waals surface area contributed by atoms with Gasteiger partial charge in [-0.05, 0) is 56.7 Å². The molecule has 2 aliphatic rings. The van der Waals surface area contributed by atoms with Crippen LogP contribution < -0.4 is 16.7 Å². The summed E-state index contributed by atoms with van der Waals surface area (Å²) in [6, 6.07) is 5.48. The van der Waals surface area contributed by atoms with Gasteiger partial charge in [0.25, 0.3) is 5.91 Å². The Kier molecular flexibility index (Phi) is 4.13. The van der Waals surface area contributed by atoms with Crippen molar-refractivity contribution in [2.75, 3.05) is 0 Å². The van der Waals surface area contributed by atoms with Gasteiger partial charge in [-0.3, -0.25) is 9.36 Å². The molecule has 0 spiro atoms. The highest BCUT2D eigenvalue weighted by molar-refractivity contribution is 5.97. The number of imidazole rings is 1. The smallest absolute Gasteiger partial charge is 0.326 e. The van der Waals surface area contributed by atoms with Crippen molar-refractivity contribution >= 4 is 16.9 Å². The van der Waals surface area contributed by atoms with Crippen molar-refractivity contribution < 1.29 is 9.90 Å². The molecule has 0 radical (unpaired) electrons. The Bertz CT molecular complexity index is 848. The van der Waals surface area contributed by atoms with Crippen LogP contribution in [0.4, 0.5) is 0 Å². The van der Waals surface area contributed by atoms with Crippen LogP contribution in [-0.4, -0.2) is 38.8 Å². The number of carbonyl (C=O) groups is 1. The summed E-state index contributed by atoms with van der Waals surface area (Å²) in [4.78, 5) is 27.6. The number of benzene rings is 1. The van der Waals surface area contributed by atoms with Gasteiger partial charge in [0.1, 0.15) is 0 Å². The van der Waals surface area contributed by atoms with Gasteiger partial charge >= 0.3 is 5.69 Å². The Hall–Kier alpha value is -2.12. The zero-order valence-corrected chi connectivity index (χ0v) is 14.1. The molecule has 2 saturated carbocycles. The first-order valence-electron chi connectivity index (χ1n) is 9.01. The first-order chi connectivity index (χ1) is 12.0. The highest BCUT2D eigenvalue weighted by atomic mass is 16.3. The first-order valence-corrected chi connectivity index (χ1v) is 9.01. The maximum atomic E-state index is 12.4. The maximum Gasteiger partial charge on any atom is 0.326 e. The minimum Gasteiger partial charge on any atom is -0.393 e. The van der Waals surface area contributed by atoms with Gasteiger partial charge < -0.3 is 21.1 Å². The number of carbonyl (C=O) groups excluding carboxylic acids is 1. The highest BCUT2D eigenvalue weighted by Gasteiger charge is 2.29. The minimum absolute atomic E-state index is 0.0372. The number of hydrogen-bond acceptors (Lipinski definition) is 4. The zero-order chi connectivity index (χ0) is 17.6. The van der Waals surface area contributed by atoms with Crippen molar-refractivity contribution in [2.24, 2.45) is 5.73 Å². The normalized spacial score (nSPS) is 29.4. The Labute approximate surface area is 145 Å². The molecular formula is C18H24N4O3. The Balaban J connectivity index is 1.59. The standard InChI is InChI=1S/C18H24N4O3/c19-13-6-7-14(13)20-17(24)10-1-8-16-15(9-10)21-18(25)22(16)11-2-4-12(23)5-3-11/h1,8-9,11-14,23H,2-7,19H2,(H,20,24)(H,21,25). The van der Waals surface area contributed by atoms with Gasteiger partial charge in [0.15, 0.2) is 0 Å². The summed E-state index contributed by atoms with van der Waals surface area (Å²) in [5.74, 6) is -0.156. The molecule has 7 heteroatoms. The van der Waals surface area contributed by atoms with E-state index in [1.165, 1.54) is 0 Å². The number of hydrogen-bond donors (Lipinski definition) is 4. The van der Waals surface area contributed by atoms with Crippen LogP contribution in [0.2, 0.25) is 0 Å². The second kappa shape index (κ2) is 6.31. The average Bonchev–Trinajstić information content (AvgIpc) is 2.93. The molecule has 25 heavy (non-hydrogen) atoms. The highest BCUT2D eigenvalue weighted by Crippen LogP contribution is 2.30. The predicted molar refractivity (Wildman–Crippen MR) is 94.5 cm³/mol. The lowest BCUT2D eigenvalue weighted by Gasteiger charge is -2.34. The molecule has 2 aromatic rings. The van der Waals surface area contributed by atoms with Crippen molar-refractivity contribution in [1.29, 1.82) is 0 Å².